The van der Waals surface area contributed by atoms with Gasteiger partial charge in [-0.1, -0.05) is 13.8 Å². The molecular weight excluding hydrogens is 575 g/mol. The summed E-state index contributed by atoms with van der Waals surface area (Å²) >= 11 is 0. The number of hydrogen-bond donors (Lipinski definition) is 1. The van der Waals surface area contributed by atoms with Gasteiger partial charge >= 0.3 is 5.97 Å². The lowest BCUT2D eigenvalue weighted by atomic mass is 9.43. The molecule has 4 aliphatic rings. The standard InChI is InChI=1S/C25H33FO12S2/c1-13(27)36-12-18(30)24(31)9-7-15-19-21(38-40(5,34)35)20(37-39(4,32)33)16-10-14(28)6-8-22(16,2)25(19,26)17(29)11-23(15,24)3/h10,15,19-21,31H,6-9,11-12H2,1-5H3/t15-,19+,20?,21?,22-,23-,24-,25+/m0/s1. The minimum atomic E-state index is -4.44. The van der Waals surface area contributed by atoms with Crippen LogP contribution in [0.4, 0.5) is 4.39 Å². The molecule has 40 heavy (non-hydrogen) atoms. The molecule has 3 saturated carbocycles. The van der Waals surface area contributed by atoms with Crippen LogP contribution in [0, 0.1) is 22.7 Å². The fourth-order valence-corrected chi connectivity index (χ4v) is 8.83. The van der Waals surface area contributed by atoms with Crippen LogP contribution in [0.3, 0.4) is 0 Å². The molecule has 0 saturated heterocycles. The van der Waals surface area contributed by atoms with Gasteiger partial charge in [-0.2, -0.15) is 16.8 Å². The highest BCUT2D eigenvalue weighted by atomic mass is 32.2. The third-order valence-corrected chi connectivity index (χ3v) is 10.6. The van der Waals surface area contributed by atoms with Crippen molar-refractivity contribution in [2.75, 3.05) is 19.1 Å². The number of alkyl halides is 1. The van der Waals surface area contributed by atoms with Crippen LogP contribution in [0.1, 0.15) is 52.9 Å². The van der Waals surface area contributed by atoms with Crippen LogP contribution in [0.15, 0.2) is 11.6 Å². The first-order chi connectivity index (χ1) is 18.1. The molecule has 0 amide bonds. The van der Waals surface area contributed by atoms with Crippen molar-refractivity contribution in [1.82, 2.24) is 0 Å². The van der Waals surface area contributed by atoms with Crippen molar-refractivity contribution in [3.63, 3.8) is 0 Å². The number of esters is 1. The largest absolute Gasteiger partial charge is 0.458 e. The summed E-state index contributed by atoms with van der Waals surface area (Å²) in [6, 6.07) is 0. The SMILES string of the molecule is CC(=O)OCC(=O)[C@@]1(O)CC[C@H]2[C@@H]3C(OS(C)(=O)=O)C(OS(C)(=O)=O)C4=CC(=O)CC[C@]4(C)[C@@]3(F)C(=O)C[C@@]21C. The highest BCUT2D eigenvalue weighted by Crippen LogP contribution is 2.70. The molecule has 2 unspecified atom stereocenters. The number of rotatable bonds is 7. The molecule has 15 heteroatoms. The number of fused-ring (bicyclic) bond motifs is 5. The first kappa shape index (κ1) is 30.9. The molecule has 0 aromatic heterocycles. The van der Waals surface area contributed by atoms with Crippen molar-refractivity contribution in [3.05, 3.63) is 11.6 Å². The average molecular weight is 609 g/mol. The van der Waals surface area contributed by atoms with Gasteiger partial charge in [0.05, 0.1) is 12.5 Å². The summed E-state index contributed by atoms with van der Waals surface area (Å²) in [5.74, 6) is -6.04. The Labute approximate surface area is 231 Å². The second kappa shape index (κ2) is 9.48. The molecule has 8 atom stereocenters. The minimum absolute atomic E-state index is 0.0777. The van der Waals surface area contributed by atoms with E-state index in [1.165, 1.54) is 13.8 Å². The van der Waals surface area contributed by atoms with Crippen molar-refractivity contribution in [3.8, 4) is 0 Å². The smallest absolute Gasteiger partial charge is 0.303 e. The third-order valence-electron chi connectivity index (χ3n) is 9.43. The molecule has 224 valence electrons. The van der Waals surface area contributed by atoms with E-state index in [1.807, 2.05) is 0 Å². The fourth-order valence-electron chi connectivity index (χ4n) is 7.61. The van der Waals surface area contributed by atoms with Crippen molar-refractivity contribution < 1.29 is 58.6 Å². The van der Waals surface area contributed by atoms with E-state index < -0.39 is 103 Å². The summed E-state index contributed by atoms with van der Waals surface area (Å²) in [7, 11) is -8.80. The quantitative estimate of drug-likeness (QED) is 0.313. The molecule has 4 aliphatic carbocycles. The van der Waals surface area contributed by atoms with Gasteiger partial charge in [0, 0.05) is 36.5 Å². The van der Waals surface area contributed by atoms with Crippen molar-refractivity contribution in [2.24, 2.45) is 22.7 Å². The van der Waals surface area contributed by atoms with Gasteiger partial charge in [-0.15, -0.1) is 0 Å². The van der Waals surface area contributed by atoms with Gasteiger partial charge in [0.25, 0.3) is 20.2 Å². The van der Waals surface area contributed by atoms with Crippen LogP contribution in [-0.4, -0.2) is 87.9 Å². The van der Waals surface area contributed by atoms with E-state index in [1.54, 1.807) is 0 Å². The molecule has 0 aliphatic heterocycles. The van der Waals surface area contributed by atoms with Crippen LogP contribution in [0.5, 0.6) is 0 Å². The monoisotopic (exact) mass is 608 g/mol. The molecule has 0 aromatic carbocycles. The second-order valence-corrected chi connectivity index (χ2v) is 15.0. The van der Waals surface area contributed by atoms with E-state index in [-0.39, 0.29) is 31.3 Å². The molecule has 4 rings (SSSR count). The highest BCUT2D eigenvalue weighted by Gasteiger charge is 2.78. The summed E-state index contributed by atoms with van der Waals surface area (Å²) in [6.07, 6.45) is -2.74. The lowest BCUT2D eigenvalue weighted by molar-refractivity contribution is -0.210. The molecule has 0 bridgehead atoms. The maximum Gasteiger partial charge on any atom is 0.303 e. The van der Waals surface area contributed by atoms with Crippen LogP contribution >= 0.6 is 0 Å². The van der Waals surface area contributed by atoms with Crippen LogP contribution in [-0.2, 0) is 52.5 Å². The van der Waals surface area contributed by atoms with E-state index in [9.17, 15) is 41.1 Å². The van der Waals surface area contributed by atoms with Gasteiger partial charge in [-0.05, 0) is 36.8 Å². The average Bonchev–Trinajstić information content (AvgIpc) is 3.06. The van der Waals surface area contributed by atoms with Crippen molar-refractivity contribution >= 4 is 43.6 Å². The number of Topliss-reactive ketones (excluding diaryl/α,β-unsaturated/α-hetero) is 2. The third kappa shape index (κ3) is 4.57. The topological polar surface area (TPSA) is 184 Å². The number of ketones is 3. The van der Waals surface area contributed by atoms with Gasteiger partial charge in [0.2, 0.25) is 5.78 Å². The van der Waals surface area contributed by atoms with Gasteiger partial charge in [0.1, 0.15) is 17.8 Å². The second-order valence-electron chi connectivity index (χ2n) is 11.8. The zero-order chi connectivity index (χ0) is 30.3. The van der Waals surface area contributed by atoms with Crippen molar-refractivity contribution in [2.45, 2.75) is 76.4 Å². The van der Waals surface area contributed by atoms with Gasteiger partial charge in [-0.25, -0.2) is 4.39 Å². The van der Waals surface area contributed by atoms with E-state index in [4.69, 9.17) is 13.1 Å². The van der Waals surface area contributed by atoms with Gasteiger partial charge in [0.15, 0.2) is 23.8 Å². The maximum atomic E-state index is 17.8. The number of halogens is 1. The number of aliphatic hydroxyl groups is 1. The van der Waals surface area contributed by atoms with E-state index in [0.29, 0.717) is 12.5 Å². The molecule has 0 radical (unpaired) electrons. The first-order valence-corrected chi connectivity index (χ1v) is 16.4. The number of carbonyl (C=O) groups excluding carboxylic acids is 4. The molecule has 0 heterocycles. The molecule has 0 spiro atoms. The zero-order valence-corrected chi connectivity index (χ0v) is 24.4. The lowest BCUT2D eigenvalue weighted by Gasteiger charge is -2.63. The predicted octanol–water partition coefficient (Wildman–Crippen LogP) is 0.562. The molecule has 0 aromatic rings. The normalized spacial score (nSPS) is 41.4. The Kier molecular flexibility index (Phi) is 7.32. The van der Waals surface area contributed by atoms with Crippen LogP contribution < -0.4 is 0 Å². The van der Waals surface area contributed by atoms with Gasteiger partial charge in [-0.3, -0.25) is 27.5 Å². The van der Waals surface area contributed by atoms with E-state index in [2.05, 4.69) is 0 Å². The Morgan fingerprint density at radius 1 is 1.07 bits per heavy atom. The Morgan fingerprint density at radius 2 is 1.68 bits per heavy atom. The molecular formula is C25H33FO12S2. The molecule has 3 fully saturated rings. The summed E-state index contributed by atoms with van der Waals surface area (Å²) in [5.41, 5.74) is -8.80. The molecule has 1 N–H and O–H groups in total. The van der Waals surface area contributed by atoms with Crippen LogP contribution in [0.2, 0.25) is 0 Å². The Hall–Kier alpha value is -2.07. The highest BCUT2D eigenvalue weighted by molar-refractivity contribution is 7.86. The summed E-state index contributed by atoms with van der Waals surface area (Å²) in [4.78, 5) is 50.9. The lowest BCUT2D eigenvalue weighted by Crippen LogP contribution is -2.74. The summed E-state index contributed by atoms with van der Waals surface area (Å²) < 4.78 is 82.8. The fraction of sp³-hybridized carbons (Fsp3) is 0.760. The number of carbonyl (C=O) groups is 4. The Morgan fingerprint density at radius 3 is 2.23 bits per heavy atom. The number of ether oxygens (including phenoxy) is 1. The summed E-state index contributed by atoms with van der Waals surface area (Å²) in [6.45, 7) is 3.02. The van der Waals surface area contributed by atoms with E-state index >= 15 is 4.39 Å². The number of hydrogen-bond acceptors (Lipinski definition) is 12. The summed E-state index contributed by atoms with van der Waals surface area (Å²) in [5, 5.41) is 11.7. The van der Waals surface area contributed by atoms with Crippen molar-refractivity contribution in [1.29, 1.82) is 0 Å². The minimum Gasteiger partial charge on any atom is -0.458 e. The first-order valence-electron chi connectivity index (χ1n) is 12.7. The Balaban J connectivity index is 1.96. The van der Waals surface area contributed by atoms with E-state index in [0.717, 1.165) is 13.0 Å². The predicted molar refractivity (Wildman–Crippen MR) is 134 cm³/mol. The zero-order valence-electron chi connectivity index (χ0n) is 22.8. The maximum absolute atomic E-state index is 17.8. The Bertz CT molecular complexity index is 1420. The van der Waals surface area contributed by atoms with Gasteiger partial charge < -0.3 is 9.84 Å². The molecule has 12 nitrogen and oxygen atoms in total. The van der Waals surface area contributed by atoms with Crippen LogP contribution in [0.25, 0.3) is 0 Å².